The van der Waals surface area contributed by atoms with Gasteiger partial charge in [0.15, 0.2) is 23.2 Å². The molecule has 0 saturated heterocycles. The van der Waals surface area contributed by atoms with E-state index in [1.54, 1.807) is 10.9 Å². The van der Waals surface area contributed by atoms with E-state index in [1.807, 2.05) is 30.3 Å². The summed E-state index contributed by atoms with van der Waals surface area (Å²) in [4.78, 5) is 8.60. The molecule has 33 heavy (non-hydrogen) atoms. The molecule has 7 nitrogen and oxygen atoms in total. The fourth-order valence-electron chi connectivity index (χ4n) is 3.37. The number of benzene rings is 2. The van der Waals surface area contributed by atoms with Gasteiger partial charge in [0.1, 0.15) is 29.4 Å². The Morgan fingerprint density at radius 3 is 2.64 bits per heavy atom. The van der Waals surface area contributed by atoms with Crippen LogP contribution < -0.4 is 4.74 Å². The average Bonchev–Trinajstić information content (AvgIpc) is 3.47. The zero-order valence-electron chi connectivity index (χ0n) is 17.7. The average molecular weight is 447 g/mol. The quantitative estimate of drug-likeness (QED) is 0.341. The van der Waals surface area contributed by atoms with Gasteiger partial charge in [-0.3, -0.25) is 4.68 Å². The van der Waals surface area contributed by atoms with Gasteiger partial charge in [-0.25, -0.2) is 18.7 Å². The lowest BCUT2D eigenvalue weighted by molar-refractivity contribution is 0.317. The molecule has 0 bridgehead atoms. The van der Waals surface area contributed by atoms with Crippen LogP contribution in [0.5, 0.6) is 5.75 Å². The molecule has 0 fully saturated rings. The van der Waals surface area contributed by atoms with Crippen LogP contribution in [0.25, 0.3) is 34.0 Å². The van der Waals surface area contributed by atoms with Crippen molar-refractivity contribution in [3.05, 3.63) is 78.3 Å². The van der Waals surface area contributed by atoms with Gasteiger partial charge in [0.25, 0.3) is 0 Å². The fraction of sp³-hybridized carbons (Fsp3) is 0.167. The maximum Gasteiger partial charge on any atom is 0.169 e. The van der Waals surface area contributed by atoms with Crippen molar-refractivity contribution in [1.82, 2.24) is 24.9 Å². The summed E-state index contributed by atoms with van der Waals surface area (Å²) in [6.45, 7) is 3.05. The summed E-state index contributed by atoms with van der Waals surface area (Å²) >= 11 is 0. The van der Waals surface area contributed by atoms with Crippen molar-refractivity contribution in [1.29, 1.82) is 0 Å². The second-order valence-electron chi connectivity index (χ2n) is 7.44. The third-order valence-electron chi connectivity index (χ3n) is 5.01. The lowest BCUT2D eigenvalue weighted by atomic mass is 10.1. The molecule has 0 N–H and O–H groups in total. The van der Waals surface area contributed by atoms with Crippen LogP contribution in [0.15, 0.2) is 65.4 Å². The highest BCUT2D eigenvalue weighted by atomic mass is 19.2. The number of halogens is 2. The van der Waals surface area contributed by atoms with Crippen LogP contribution >= 0.6 is 0 Å². The molecule has 2 aliphatic rings. The van der Waals surface area contributed by atoms with Gasteiger partial charge in [-0.2, -0.15) is 5.10 Å². The molecule has 166 valence electrons. The van der Waals surface area contributed by atoms with Gasteiger partial charge in [-0.05, 0) is 42.8 Å². The first-order chi connectivity index (χ1) is 16.1. The van der Waals surface area contributed by atoms with Crippen LogP contribution in [0, 0.1) is 11.6 Å². The molecule has 0 unspecified atom stereocenters. The number of hydrogen-bond donors (Lipinski definition) is 0. The molecule has 0 radical (unpaired) electrons. The Hall–Kier alpha value is -4.14. The zero-order valence-corrected chi connectivity index (χ0v) is 17.7. The standard InChI is InChI=1S/C24H19F2N5O2/c1-2-10-32-16-8-6-15(7-9-16)20-11-17(33-30-20)13-31-14-22-21(12-27-31)28-24(29-22)18-4-3-5-19(25)23(18)26/h3-9,11-12,14H,2,10,13H2,1H3. The largest absolute Gasteiger partial charge is 0.494 e. The van der Waals surface area contributed by atoms with Crippen LogP contribution in [0.2, 0.25) is 0 Å². The molecule has 5 rings (SSSR count). The fourth-order valence-corrected chi connectivity index (χ4v) is 3.37. The van der Waals surface area contributed by atoms with E-state index in [4.69, 9.17) is 9.26 Å². The molecule has 9 heteroatoms. The van der Waals surface area contributed by atoms with Crippen molar-refractivity contribution >= 4 is 0 Å². The van der Waals surface area contributed by atoms with Crippen LogP contribution in [-0.4, -0.2) is 31.5 Å². The minimum atomic E-state index is -0.979. The second-order valence-corrected chi connectivity index (χ2v) is 7.44. The number of rotatable bonds is 7. The van der Waals surface area contributed by atoms with Crippen molar-refractivity contribution in [3.63, 3.8) is 0 Å². The first-order valence-electron chi connectivity index (χ1n) is 10.4. The molecular weight excluding hydrogens is 428 g/mol. The van der Waals surface area contributed by atoms with E-state index in [2.05, 4.69) is 27.1 Å². The molecule has 3 aromatic rings. The molecule has 1 aromatic heterocycles. The van der Waals surface area contributed by atoms with Gasteiger partial charge in [-0.1, -0.05) is 18.1 Å². The summed E-state index contributed by atoms with van der Waals surface area (Å²) in [5.74, 6) is -0.406. The van der Waals surface area contributed by atoms with Crippen LogP contribution in [0.4, 0.5) is 8.78 Å². The molecule has 3 heterocycles. The minimum absolute atomic E-state index is 0.00346. The van der Waals surface area contributed by atoms with Crippen molar-refractivity contribution in [3.8, 4) is 39.8 Å². The van der Waals surface area contributed by atoms with Crippen LogP contribution in [0.1, 0.15) is 19.1 Å². The smallest absolute Gasteiger partial charge is 0.169 e. The lowest BCUT2D eigenvalue weighted by Gasteiger charge is -2.04. The molecular formula is C24H19F2N5O2. The Labute approximate surface area is 188 Å². The van der Waals surface area contributed by atoms with Gasteiger partial charge in [-0.15, -0.1) is 0 Å². The maximum absolute atomic E-state index is 14.1. The van der Waals surface area contributed by atoms with E-state index >= 15 is 0 Å². The second kappa shape index (κ2) is 8.78. The Morgan fingerprint density at radius 2 is 1.82 bits per heavy atom. The van der Waals surface area contributed by atoms with Crippen molar-refractivity contribution in [2.75, 3.05) is 6.61 Å². The Balaban J connectivity index is 1.34. The Kier molecular flexibility index (Phi) is 5.52. The Morgan fingerprint density at radius 1 is 1.00 bits per heavy atom. The highest BCUT2D eigenvalue weighted by Crippen LogP contribution is 2.27. The van der Waals surface area contributed by atoms with Gasteiger partial charge in [0, 0.05) is 11.6 Å². The first kappa shape index (κ1) is 20.7. The highest BCUT2D eigenvalue weighted by Gasteiger charge is 2.18. The van der Waals surface area contributed by atoms with Crippen LogP contribution in [0.3, 0.4) is 0 Å². The van der Waals surface area contributed by atoms with E-state index in [0.29, 0.717) is 36.0 Å². The van der Waals surface area contributed by atoms with Gasteiger partial charge in [0.05, 0.1) is 24.6 Å². The SMILES string of the molecule is CCCOc1ccc(-c2cc(Cn3cc4nc(-c5cccc(F)c5F)nc-4cn3)on2)cc1. The van der Waals surface area contributed by atoms with Crippen molar-refractivity contribution < 1.29 is 18.0 Å². The molecule has 0 amide bonds. The van der Waals surface area contributed by atoms with E-state index in [9.17, 15) is 8.78 Å². The van der Waals surface area contributed by atoms with E-state index in [0.717, 1.165) is 23.8 Å². The maximum atomic E-state index is 14.1. The number of fused-ring (bicyclic) bond motifs is 1. The van der Waals surface area contributed by atoms with Gasteiger partial charge < -0.3 is 9.26 Å². The van der Waals surface area contributed by atoms with Crippen LogP contribution in [-0.2, 0) is 6.54 Å². The number of hydrogen-bond acceptors (Lipinski definition) is 6. The number of aromatic nitrogens is 5. The normalized spacial score (nSPS) is 11.2. The number of ether oxygens (including phenoxy) is 1. The van der Waals surface area contributed by atoms with Crippen molar-refractivity contribution in [2.24, 2.45) is 0 Å². The summed E-state index contributed by atoms with van der Waals surface area (Å²) in [5, 5.41) is 8.45. The summed E-state index contributed by atoms with van der Waals surface area (Å²) in [6.07, 6.45) is 4.14. The molecule has 2 aromatic carbocycles. The summed E-state index contributed by atoms with van der Waals surface area (Å²) < 4.78 is 40.3. The van der Waals surface area contributed by atoms with E-state index in [1.165, 1.54) is 18.3 Å². The molecule has 0 saturated carbocycles. The summed E-state index contributed by atoms with van der Waals surface area (Å²) in [7, 11) is 0. The Bertz CT molecular complexity index is 1360. The third kappa shape index (κ3) is 4.30. The van der Waals surface area contributed by atoms with Gasteiger partial charge >= 0.3 is 0 Å². The molecule has 0 spiro atoms. The monoisotopic (exact) mass is 447 g/mol. The number of nitrogens with zero attached hydrogens (tertiary/aromatic N) is 5. The molecule has 2 aliphatic heterocycles. The summed E-state index contributed by atoms with van der Waals surface area (Å²) in [6, 6.07) is 13.4. The van der Waals surface area contributed by atoms with Crippen molar-refractivity contribution in [2.45, 2.75) is 19.9 Å². The third-order valence-corrected chi connectivity index (χ3v) is 5.01. The first-order valence-corrected chi connectivity index (χ1v) is 10.4. The highest BCUT2D eigenvalue weighted by molar-refractivity contribution is 5.65. The van der Waals surface area contributed by atoms with Gasteiger partial charge in [0.2, 0.25) is 0 Å². The summed E-state index contributed by atoms with van der Waals surface area (Å²) in [5.41, 5.74) is 2.60. The minimum Gasteiger partial charge on any atom is -0.494 e. The zero-order chi connectivity index (χ0) is 22.8. The van der Waals surface area contributed by atoms with E-state index in [-0.39, 0.29) is 11.4 Å². The predicted octanol–water partition coefficient (Wildman–Crippen LogP) is 5.22. The lowest BCUT2D eigenvalue weighted by Crippen LogP contribution is -2.04. The predicted molar refractivity (Wildman–Crippen MR) is 117 cm³/mol. The molecule has 0 atom stereocenters. The molecule has 0 aliphatic carbocycles. The van der Waals surface area contributed by atoms with E-state index < -0.39 is 11.6 Å². The number of imidazole rings is 1. The topological polar surface area (TPSA) is 78.9 Å².